The molecule has 14 heavy (non-hydrogen) atoms. The first kappa shape index (κ1) is 9.21. The smallest absolute Gasteiger partial charge is 0.0926 e. The predicted molar refractivity (Wildman–Crippen MR) is 58.2 cm³/mol. The number of rotatable bonds is 2. The first-order valence-corrected chi connectivity index (χ1v) is 4.86. The minimum Gasteiger partial charge on any atom is -0.328 e. The van der Waals surface area contributed by atoms with Crippen LogP contribution in [-0.2, 0) is 6.42 Å². The van der Waals surface area contributed by atoms with Crippen molar-refractivity contribution < 1.29 is 0 Å². The van der Waals surface area contributed by atoms with Crippen LogP contribution in [-0.4, -0.2) is 16.2 Å². The molecule has 0 aliphatic rings. The molecule has 74 valence electrons. The molecular weight excluding hydrogens is 174 g/mol. The number of fused-ring (bicyclic) bond motifs is 1. The molecule has 3 nitrogen and oxygen atoms in total. The van der Waals surface area contributed by atoms with E-state index in [1.807, 2.05) is 26.0 Å². The Hall–Kier alpha value is -1.35. The average molecular weight is 189 g/mol. The van der Waals surface area contributed by atoms with Gasteiger partial charge in [0.1, 0.15) is 0 Å². The number of aromatic amines is 1. The second kappa shape index (κ2) is 3.42. The molecule has 1 aromatic heterocycles. The van der Waals surface area contributed by atoms with Crippen molar-refractivity contribution in [1.29, 1.82) is 0 Å². The molecule has 2 rings (SSSR count). The van der Waals surface area contributed by atoms with Crippen LogP contribution in [0.3, 0.4) is 0 Å². The summed E-state index contributed by atoms with van der Waals surface area (Å²) < 4.78 is 0. The maximum absolute atomic E-state index is 5.80. The van der Waals surface area contributed by atoms with Crippen LogP contribution in [0.15, 0.2) is 18.2 Å². The molecule has 2 aromatic rings. The molecule has 0 saturated carbocycles. The summed E-state index contributed by atoms with van der Waals surface area (Å²) in [5.74, 6) is 0. The molecule has 1 aromatic carbocycles. The monoisotopic (exact) mass is 189 g/mol. The Morgan fingerprint density at radius 2 is 2.29 bits per heavy atom. The highest BCUT2D eigenvalue weighted by atomic mass is 15.1. The van der Waals surface area contributed by atoms with Crippen molar-refractivity contribution in [3.63, 3.8) is 0 Å². The van der Waals surface area contributed by atoms with Gasteiger partial charge in [-0.3, -0.25) is 5.10 Å². The van der Waals surface area contributed by atoms with Crippen LogP contribution in [0.25, 0.3) is 10.9 Å². The first-order chi connectivity index (χ1) is 6.68. The summed E-state index contributed by atoms with van der Waals surface area (Å²) in [5, 5.41) is 8.45. The van der Waals surface area contributed by atoms with E-state index in [-0.39, 0.29) is 6.04 Å². The summed E-state index contributed by atoms with van der Waals surface area (Å²) in [4.78, 5) is 0. The highest BCUT2D eigenvalue weighted by Crippen LogP contribution is 2.20. The molecular formula is C11H15N3. The zero-order chi connectivity index (χ0) is 10.1. The number of hydrogen-bond donors (Lipinski definition) is 2. The van der Waals surface area contributed by atoms with Crippen LogP contribution in [0, 0.1) is 6.92 Å². The fraction of sp³-hybridized carbons (Fsp3) is 0.364. The quantitative estimate of drug-likeness (QED) is 0.756. The Morgan fingerprint density at radius 1 is 1.50 bits per heavy atom. The summed E-state index contributed by atoms with van der Waals surface area (Å²) in [6.45, 7) is 4.06. The number of aryl methyl sites for hydroxylation is 1. The molecule has 0 aliphatic heterocycles. The molecule has 0 fully saturated rings. The molecule has 3 heteroatoms. The maximum Gasteiger partial charge on any atom is 0.0926 e. The standard InChI is InChI=1S/C11H15N3/c1-7(12)6-9-4-3-5-10-11(9)8(2)13-14-10/h3-5,7H,6,12H2,1-2H3,(H,13,14). The number of aromatic nitrogens is 2. The molecule has 0 saturated heterocycles. The molecule has 1 unspecified atom stereocenters. The Balaban J connectivity index is 2.57. The van der Waals surface area contributed by atoms with E-state index < -0.39 is 0 Å². The molecule has 0 spiro atoms. The van der Waals surface area contributed by atoms with Gasteiger partial charge in [0.05, 0.1) is 5.52 Å². The molecule has 0 amide bonds. The predicted octanol–water partition coefficient (Wildman–Crippen LogP) is 1.76. The molecule has 0 aliphatic carbocycles. The lowest BCUT2D eigenvalue weighted by molar-refractivity contribution is 0.741. The van der Waals surface area contributed by atoms with E-state index in [1.165, 1.54) is 10.9 Å². The van der Waals surface area contributed by atoms with Gasteiger partial charge in [0, 0.05) is 17.1 Å². The summed E-state index contributed by atoms with van der Waals surface area (Å²) in [6.07, 6.45) is 0.901. The Kier molecular flexibility index (Phi) is 2.25. The Bertz CT molecular complexity index is 443. The summed E-state index contributed by atoms with van der Waals surface area (Å²) in [6, 6.07) is 6.35. The van der Waals surface area contributed by atoms with Crippen molar-refractivity contribution in [2.45, 2.75) is 26.3 Å². The summed E-state index contributed by atoms with van der Waals surface area (Å²) in [5.41, 5.74) is 9.23. The van der Waals surface area contributed by atoms with Gasteiger partial charge < -0.3 is 5.73 Å². The average Bonchev–Trinajstić information content (AvgIpc) is 2.48. The molecule has 0 radical (unpaired) electrons. The van der Waals surface area contributed by atoms with Crippen LogP contribution < -0.4 is 5.73 Å². The lowest BCUT2D eigenvalue weighted by Gasteiger charge is -2.06. The minimum atomic E-state index is 0.190. The van der Waals surface area contributed by atoms with Crippen LogP contribution in [0.1, 0.15) is 18.2 Å². The lowest BCUT2D eigenvalue weighted by atomic mass is 10.0. The van der Waals surface area contributed by atoms with Crippen molar-refractivity contribution in [3.05, 3.63) is 29.5 Å². The van der Waals surface area contributed by atoms with Gasteiger partial charge in [0.2, 0.25) is 0 Å². The van der Waals surface area contributed by atoms with Crippen molar-refractivity contribution in [2.24, 2.45) is 5.73 Å². The largest absolute Gasteiger partial charge is 0.328 e. The van der Waals surface area contributed by atoms with Gasteiger partial charge in [-0.25, -0.2) is 0 Å². The second-order valence-electron chi connectivity index (χ2n) is 3.84. The highest BCUT2D eigenvalue weighted by molar-refractivity contribution is 5.84. The number of benzene rings is 1. The first-order valence-electron chi connectivity index (χ1n) is 4.86. The Labute approximate surface area is 83.3 Å². The fourth-order valence-corrected chi connectivity index (χ4v) is 1.83. The van der Waals surface area contributed by atoms with Gasteiger partial charge in [-0.15, -0.1) is 0 Å². The van der Waals surface area contributed by atoms with Crippen LogP contribution in [0.5, 0.6) is 0 Å². The van der Waals surface area contributed by atoms with Gasteiger partial charge in [0.15, 0.2) is 0 Å². The minimum absolute atomic E-state index is 0.190. The molecule has 3 N–H and O–H groups in total. The van der Waals surface area contributed by atoms with Crippen molar-refractivity contribution in [2.75, 3.05) is 0 Å². The third kappa shape index (κ3) is 1.51. The number of nitrogens with one attached hydrogen (secondary N) is 1. The van der Waals surface area contributed by atoms with E-state index in [0.717, 1.165) is 17.6 Å². The second-order valence-corrected chi connectivity index (χ2v) is 3.84. The van der Waals surface area contributed by atoms with Gasteiger partial charge in [-0.2, -0.15) is 5.10 Å². The van der Waals surface area contributed by atoms with Gasteiger partial charge in [-0.05, 0) is 31.9 Å². The highest BCUT2D eigenvalue weighted by Gasteiger charge is 2.07. The van der Waals surface area contributed by atoms with Crippen molar-refractivity contribution in [3.8, 4) is 0 Å². The number of H-pyrrole nitrogens is 1. The molecule has 0 bridgehead atoms. The fourth-order valence-electron chi connectivity index (χ4n) is 1.83. The topological polar surface area (TPSA) is 54.7 Å². The van der Waals surface area contributed by atoms with E-state index in [9.17, 15) is 0 Å². The third-order valence-electron chi connectivity index (χ3n) is 2.39. The normalized spacial score (nSPS) is 13.4. The van der Waals surface area contributed by atoms with E-state index >= 15 is 0 Å². The van der Waals surface area contributed by atoms with Gasteiger partial charge in [-0.1, -0.05) is 12.1 Å². The zero-order valence-corrected chi connectivity index (χ0v) is 8.54. The number of hydrogen-bond acceptors (Lipinski definition) is 2. The van der Waals surface area contributed by atoms with E-state index in [4.69, 9.17) is 5.73 Å². The maximum atomic E-state index is 5.80. The number of nitrogens with zero attached hydrogens (tertiary/aromatic N) is 1. The SMILES string of the molecule is Cc1[nH]nc2cccc(CC(C)N)c12. The third-order valence-corrected chi connectivity index (χ3v) is 2.39. The van der Waals surface area contributed by atoms with Crippen molar-refractivity contribution in [1.82, 2.24) is 10.2 Å². The van der Waals surface area contributed by atoms with Crippen molar-refractivity contribution >= 4 is 10.9 Å². The molecule has 1 atom stereocenters. The molecule has 1 heterocycles. The van der Waals surface area contributed by atoms with Crippen LogP contribution in [0.4, 0.5) is 0 Å². The van der Waals surface area contributed by atoms with Crippen LogP contribution >= 0.6 is 0 Å². The van der Waals surface area contributed by atoms with Gasteiger partial charge >= 0.3 is 0 Å². The zero-order valence-electron chi connectivity index (χ0n) is 8.54. The number of nitrogens with two attached hydrogens (primary N) is 1. The summed E-state index contributed by atoms with van der Waals surface area (Å²) >= 11 is 0. The van der Waals surface area contributed by atoms with Gasteiger partial charge in [0.25, 0.3) is 0 Å². The summed E-state index contributed by atoms with van der Waals surface area (Å²) in [7, 11) is 0. The van der Waals surface area contributed by atoms with Crippen LogP contribution in [0.2, 0.25) is 0 Å². The lowest BCUT2D eigenvalue weighted by Crippen LogP contribution is -2.17. The van der Waals surface area contributed by atoms with E-state index in [0.29, 0.717) is 0 Å². The van der Waals surface area contributed by atoms with E-state index in [2.05, 4.69) is 16.3 Å². The Morgan fingerprint density at radius 3 is 3.00 bits per heavy atom. The van der Waals surface area contributed by atoms with E-state index in [1.54, 1.807) is 0 Å².